The van der Waals surface area contributed by atoms with Gasteiger partial charge in [0.1, 0.15) is 5.82 Å². The van der Waals surface area contributed by atoms with Gasteiger partial charge in [0.2, 0.25) is 0 Å². The Morgan fingerprint density at radius 3 is 2.37 bits per heavy atom. The lowest BCUT2D eigenvalue weighted by Gasteiger charge is -2.13. The van der Waals surface area contributed by atoms with Crippen LogP contribution in [0, 0.1) is 5.82 Å². The molecule has 2 aromatic carbocycles. The van der Waals surface area contributed by atoms with Gasteiger partial charge in [0.25, 0.3) is 0 Å². The van der Waals surface area contributed by atoms with Crippen LogP contribution in [0.2, 0.25) is 0 Å². The zero-order valence-electron chi connectivity index (χ0n) is 10.8. The van der Waals surface area contributed by atoms with Gasteiger partial charge in [0.05, 0.1) is 6.04 Å². The minimum absolute atomic E-state index is 0.0315. The lowest BCUT2D eigenvalue weighted by Crippen LogP contribution is -2.33. The van der Waals surface area contributed by atoms with E-state index < -0.39 is 0 Å². The molecule has 0 fully saturated rings. The monoisotopic (exact) mass is 257 g/mol. The van der Waals surface area contributed by atoms with Crippen LogP contribution in [0.15, 0.2) is 54.6 Å². The molecule has 19 heavy (non-hydrogen) atoms. The van der Waals surface area contributed by atoms with Gasteiger partial charge in [-0.05, 0) is 36.8 Å². The third kappa shape index (κ3) is 3.73. The molecule has 1 atom stereocenters. The number of nitrogens with one attached hydrogen (secondary N) is 1. The van der Waals surface area contributed by atoms with Crippen LogP contribution in [0.1, 0.15) is 22.8 Å². The molecule has 0 radical (unpaired) electrons. The smallest absolute Gasteiger partial charge is 0.179 e. The molecule has 0 heterocycles. The average molecular weight is 257 g/mol. The van der Waals surface area contributed by atoms with E-state index in [2.05, 4.69) is 5.32 Å². The maximum atomic E-state index is 12.8. The molecular formula is C16H16FNO. The molecule has 0 aliphatic rings. The van der Waals surface area contributed by atoms with Crippen LogP contribution in [-0.4, -0.2) is 11.8 Å². The lowest BCUT2D eigenvalue weighted by molar-refractivity contribution is 0.0950. The van der Waals surface area contributed by atoms with Crippen molar-refractivity contribution in [3.63, 3.8) is 0 Å². The maximum absolute atomic E-state index is 12.8. The number of halogens is 1. The lowest BCUT2D eigenvalue weighted by atomic mass is 10.1. The topological polar surface area (TPSA) is 29.1 Å². The Balaban J connectivity index is 1.94. The second-order valence-electron chi connectivity index (χ2n) is 4.46. The first-order valence-corrected chi connectivity index (χ1v) is 6.24. The normalized spacial score (nSPS) is 12.1. The largest absolute Gasteiger partial charge is 0.303 e. The third-order valence-electron chi connectivity index (χ3n) is 2.98. The van der Waals surface area contributed by atoms with Gasteiger partial charge in [0, 0.05) is 12.1 Å². The Morgan fingerprint density at radius 2 is 1.74 bits per heavy atom. The van der Waals surface area contributed by atoms with Crippen LogP contribution in [0.25, 0.3) is 0 Å². The molecule has 2 rings (SSSR count). The summed E-state index contributed by atoms with van der Waals surface area (Å²) in [5.74, 6) is -0.364. The van der Waals surface area contributed by atoms with Gasteiger partial charge >= 0.3 is 0 Å². The number of Topliss-reactive ketones (excluding diaryl/α,β-unsaturated/α-hetero) is 1. The summed E-state index contributed by atoms with van der Waals surface area (Å²) in [7, 11) is 0. The van der Waals surface area contributed by atoms with Crippen molar-refractivity contribution in [1.29, 1.82) is 0 Å². The molecule has 0 aliphatic carbocycles. The van der Waals surface area contributed by atoms with Gasteiger partial charge in [-0.25, -0.2) is 4.39 Å². The molecule has 0 amide bonds. The second kappa shape index (κ2) is 6.25. The summed E-state index contributed by atoms with van der Waals surface area (Å²) in [6, 6.07) is 15.2. The fraction of sp³-hybridized carbons (Fsp3) is 0.188. The van der Waals surface area contributed by atoms with Gasteiger partial charge in [-0.2, -0.15) is 0 Å². The summed E-state index contributed by atoms with van der Waals surface area (Å²) in [6.07, 6.45) is 0. The Labute approximate surface area is 112 Å². The van der Waals surface area contributed by atoms with Crippen LogP contribution in [-0.2, 0) is 6.54 Å². The highest BCUT2D eigenvalue weighted by molar-refractivity contribution is 5.99. The SMILES string of the molecule is CC(NCc1ccccc1)C(=O)c1ccc(F)cc1. The molecule has 3 heteroatoms. The highest BCUT2D eigenvalue weighted by Crippen LogP contribution is 2.07. The molecular weight excluding hydrogens is 241 g/mol. The molecule has 0 bridgehead atoms. The number of ketones is 1. The zero-order valence-corrected chi connectivity index (χ0v) is 10.8. The molecule has 0 aliphatic heterocycles. The van der Waals surface area contributed by atoms with Crippen molar-refractivity contribution in [2.45, 2.75) is 19.5 Å². The summed E-state index contributed by atoms with van der Waals surface area (Å²) in [5, 5.41) is 3.17. The van der Waals surface area contributed by atoms with E-state index in [1.54, 1.807) is 0 Å². The molecule has 2 nitrogen and oxygen atoms in total. The minimum Gasteiger partial charge on any atom is -0.303 e. The van der Waals surface area contributed by atoms with Crippen molar-refractivity contribution < 1.29 is 9.18 Å². The molecule has 98 valence electrons. The quantitative estimate of drug-likeness (QED) is 0.833. The Morgan fingerprint density at radius 1 is 1.11 bits per heavy atom. The van der Waals surface area contributed by atoms with Gasteiger partial charge in [0.15, 0.2) is 5.78 Å². The average Bonchev–Trinajstić information content (AvgIpc) is 2.46. The highest BCUT2D eigenvalue weighted by atomic mass is 19.1. The van der Waals surface area contributed by atoms with Gasteiger partial charge in [-0.3, -0.25) is 4.79 Å². The van der Waals surface area contributed by atoms with E-state index in [0.717, 1.165) is 5.56 Å². The first-order valence-electron chi connectivity index (χ1n) is 6.24. The van der Waals surface area contributed by atoms with Crippen LogP contribution < -0.4 is 5.32 Å². The first-order chi connectivity index (χ1) is 9.16. The highest BCUT2D eigenvalue weighted by Gasteiger charge is 2.14. The molecule has 0 aromatic heterocycles. The van der Waals surface area contributed by atoms with Crippen molar-refractivity contribution in [3.8, 4) is 0 Å². The standard InChI is InChI=1S/C16H16FNO/c1-12(18-11-13-5-3-2-4-6-13)16(19)14-7-9-15(17)10-8-14/h2-10,12,18H,11H2,1H3. The van der Waals surface area contributed by atoms with Gasteiger partial charge < -0.3 is 5.32 Å². The van der Waals surface area contributed by atoms with E-state index in [-0.39, 0.29) is 17.6 Å². The molecule has 0 saturated carbocycles. The summed E-state index contributed by atoms with van der Waals surface area (Å²) in [4.78, 5) is 12.1. The van der Waals surface area contributed by atoms with Crippen LogP contribution in [0.3, 0.4) is 0 Å². The van der Waals surface area contributed by atoms with Gasteiger partial charge in [-0.1, -0.05) is 30.3 Å². The predicted molar refractivity (Wildman–Crippen MR) is 73.5 cm³/mol. The number of benzene rings is 2. The van der Waals surface area contributed by atoms with Crippen molar-refractivity contribution in [2.24, 2.45) is 0 Å². The van der Waals surface area contributed by atoms with E-state index in [1.165, 1.54) is 24.3 Å². The van der Waals surface area contributed by atoms with E-state index in [9.17, 15) is 9.18 Å². The molecule has 2 aromatic rings. The fourth-order valence-corrected chi connectivity index (χ4v) is 1.82. The maximum Gasteiger partial charge on any atom is 0.179 e. The fourth-order valence-electron chi connectivity index (χ4n) is 1.82. The predicted octanol–water partition coefficient (Wildman–Crippen LogP) is 3.19. The minimum atomic E-state index is -0.332. The van der Waals surface area contributed by atoms with E-state index in [1.807, 2.05) is 37.3 Å². The second-order valence-corrected chi connectivity index (χ2v) is 4.46. The summed E-state index contributed by atoms with van der Waals surface area (Å²) >= 11 is 0. The van der Waals surface area contributed by atoms with Crippen LogP contribution in [0.5, 0.6) is 0 Å². The Bertz CT molecular complexity index is 536. The summed E-state index contributed by atoms with van der Waals surface area (Å²) in [6.45, 7) is 2.45. The van der Waals surface area contributed by atoms with E-state index >= 15 is 0 Å². The van der Waals surface area contributed by atoms with Gasteiger partial charge in [-0.15, -0.1) is 0 Å². The van der Waals surface area contributed by atoms with Crippen molar-refractivity contribution in [3.05, 3.63) is 71.5 Å². The van der Waals surface area contributed by atoms with E-state index in [4.69, 9.17) is 0 Å². The number of carbonyl (C=O) groups is 1. The summed E-state index contributed by atoms with van der Waals surface area (Å²) in [5.41, 5.74) is 1.65. The number of hydrogen-bond donors (Lipinski definition) is 1. The molecule has 0 spiro atoms. The molecule has 1 unspecified atom stereocenters. The van der Waals surface area contributed by atoms with Crippen molar-refractivity contribution >= 4 is 5.78 Å². The Hall–Kier alpha value is -2.00. The van der Waals surface area contributed by atoms with Crippen molar-refractivity contribution in [2.75, 3.05) is 0 Å². The van der Waals surface area contributed by atoms with Crippen molar-refractivity contribution in [1.82, 2.24) is 5.32 Å². The number of carbonyl (C=O) groups excluding carboxylic acids is 1. The number of rotatable bonds is 5. The Kier molecular flexibility index (Phi) is 4.42. The third-order valence-corrected chi connectivity index (χ3v) is 2.98. The number of hydrogen-bond acceptors (Lipinski definition) is 2. The molecule has 0 saturated heterocycles. The summed E-state index contributed by atoms with van der Waals surface area (Å²) < 4.78 is 12.8. The van der Waals surface area contributed by atoms with Crippen LogP contribution in [0.4, 0.5) is 4.39 Å². The molecule has 1 N–H and O–H groups in total. The zero-order chi connectivity index (χ0) is 13.7. The first kappa shape index (κ1) is 13.4. The van der Waals surface area contributed by atoms with E-state index in [0.29, 0.717) is 12.1 Å². The van der Waals surface area contributed by atoms with Crippen LogP contribution >= 0.6 is 0 Å².